The van der Waals surface area contributed by atoms with Crippen LogP contribution in [0, 0.1) is 0 Å². The van der Waals surface area contributed by atoms with E-state index in [0.29, 0.717) is 46.9 Å². The van der Waals surface area contributed by atoms with Crippen molar-refractivity contribution in [3.8, 4) is 22.8 Å². The highest BCUT2D eigenvalue weighted by Crippen LogP contribution is 2.36. The number of fused-ring (bicyclic) bond motifs is 2. The number of para-hydroxylation sites is 1. The van der Waals surface area contributed by atoms with E-state index in [2.05, 4.69) is 20.3 Å². The van der Waals surface area contributed by atoms with Crippen LogP contribution in [0.25, 0.3) is 22.2 Å². The van der Waals surface area contributed by atoms with Crippen molar-refractivity contribution in [2.24, 2.45) is 0 Å². The van der Waals surface area contributed by atoms with Crippen LogP contribution in [0.2, 0.25) is 0 Å². The van der Waals surface area contributed by atoms with Crippen molar-refractivity contribution >= 4 is 33.3 Å². The number of rotatable bonds is 6. The summed E-state index contributed by atoms with van der Waals surface area (Å²) in [7, 11) is 0. The lowest BCUT2D eigenvalue weighted by molar-refractivity contribution is -0.116. The molecule has 156 valence electrons. The van der Waals surface area contributed by atoms with Gasteiger partial charge >= 0.3 is 0 Å². The number of ether oxygens (including phenoxy) is 2. The Kier molecular flexibility index (Phi) is 5.09. The van der Waals surface area contributed by atoms with Gasteiger partial charge in [0.25, 0.3) is 5.56 Å². The second-order valence-corrected chi connectivity index (χ2v) is 7.90. The number of amides is 1. The van der Waals surface area contributed by atoms with Gasteiger partial charge in [0.2, 0.25) is 12.7 Å². The second kappa shape index (κ2) is 8.19. The van der Waals surface area contributed by atoms with Crippen LogP contribution < -0.4 is 20.3 Å². The Morgan fingerprint density at radius 1 is 1.13 bits per heavy atom. The molecule has 0 bridgehead atoms. The van der Waals surface area contributed by atoms with Crippen LogP contribution in [-0.2, 0) is 11.2 Å². The highest BCUT2D eigenvalue weighted by molar-refractivity contribution is 7.14. The maximum absolute atomic E-state index is 12.3. The Morgan fingerprint density at radius 2 is 2.00 bits per heavy atom. The van der Waals surface area contributed by atoms with E-state index in [0.717, 1.165) is 17.0 Å². The van der Waals surface area contributed by atoms with E-state index in [1.165, 1.54) is 11.3 Å². The zero-order valence-electron chi connectivity index (χ0n) is 16.4. The molecular formula is C22H18N4O4S. The lowest BCUT2D eigenvalue weighted by Gasteiger charge is -2.04. The number of nitrogens with zero attached hydrogens (tertiary/aromatic N) is 2. The predicted octanol–water partition coefficient (Wildman–Crippen LogP) is 3.74. The average molecular weight is 434 g/mol. The van der Waals surface area contributed by atoms with Gasteiger partial charge < -0.3 is 19.8 Å². The molecule has 0 atom stereocenters. The molecule has 4 aromatic rings. The summed E-state index contributed by atoms with van der Waals surface area (Å²) in [5, 5.41) is 5.82. The molecular weight excluding hydrogens is 416 g/mol. The Bertz CT molecular complexity index is 1330. The summed E-state index contributed by atoms with van der Waals surface area (Å²) in [6.45, 7) is 0.222. The normalized spacial score (nSPS) is 12.3. The highest BCUT2D eigenvalue weighted by Gasteiger charge is 2.15. The zero-order chi connectivity index (χ0) is 21.2. The van der Waals surface area contributed by atoms with Crippen LogP contribution in [0.1, 0.15) is 18.7 Å². The van der Waals surface area contributed by atoms with Gasteiger partial charge in [-0.2, -0.15) is 0 Å². The predicted molar refractivity (Wildman–Crippen MR) is 118 cm³/mol. The molecule has 2 aromatic carbocycles. The van der Waals surface area contributed by atoms with Gasteiger partial charge in [-0.3, -0.25) is 9.59 Å². The van der Waals surface area contributed by atoms with Crippen molar-refractivity contribution < 1.29 is 14.3 Å². The van der Waals surface area contributed by atoms with Crippen molar-refractivity contribution in [3.63, 3.8) is 0 Å². The van der Waals surface area contributed by atoms with Crippen molar-refractivity contribution in [1.82, 2.24) is 15.0 Å². The third-order valence-corrected chi connectivity index (χ3v) is 5.66. The molecule has 0 saturated carbocycles. The van der Waals surface area contributed by atoms with Crippen LogP contribution >= 0.6 is 11.3 Å². The molecule has 0 radical (unpaired) electrons. The topological polar surface area (TPSA) is 106 Å². The number of aromatic nitrogens is 3. The fraction of sp³-hybridized carbons (Fsp3) is 0.182. The maximum Gasteiger partial charge on any atom is 0.258 e. The molecule has 2 aromatic heterocycles. The summed E-state index contributed by atoms with van der Waals surface area (Å²) in [5.74, 6) is 1.86. The van der Waals surface area contributed by atoms with Crippen molar-refractivity contribution in [2.75, 3.05) is 12.1 Å². The summed E-state index contributed by atoms with van der Waals surface area (Å²) >= 11 is 1.36. The van der Waals surface area contributed by atoms with E-state index in [9.17, 15) is 9.59 Å². The smallest absolute Gasteiger partial charge is 0.258 e. The molecule has 1 amide bonds. The minimum absolute atomic E-state index is 0.130. The Labute approximate surface area is 180 Å². The van der Waals surface area contributed by atoms with Crippen molar-refractivity contribution in [3.05, 3.63) is 64.0 Å². The molecule has 0 aliphatic carbocycles. The highest BCUT2D eigenvalue weighted by atomic mass is 32.1. The van der Waals surface area contributed by atoms with Crippen LogP contribution in [0.5, 0.6) is 11.5 Å². The van der Waals surface area contributed by atoms with Gasteiger partial charge in [-0.05, 0) is 36.8 Å². The first kappa shape index (κ1) is 19.3. The SMILES string of the molecule is O=C(CCCc1nc2ccccc2c(=O)[nH]1)Nc1nc(-c2ccc3c(c2)OCO3)cs1. The maximum atomic E-state index is 12.3. The number of thiazole rings is 1. The standard InChI is InChI=1S/C22H18N4O4S/c27-20(7-3-6-19-23-15-5-2-1-4-14(15)21(28)25-19)26-22-24-16(11-31-22)13-8-9-17-18(10-13)30-12-29-17/h1-2,4-5,8-11H,3,6-7,12H2,(H,23,25,28)(H,24,26,27). The summed E-state index contributed by atoms with van der Waals surface area (Å²) < 4.78 is 10.7. The Balaban J connectivity index is 1.18. The van der Waals surface area contributed by atoms with E-state index in [1.54, 1.807) is 18.2 Å². The van der Waals surface area contributed by atoms with E-state index in [4.69, 9.17) is 9.47 Å². The lowest BCUT2D eigenvalue weighted by Crippen LogP contribution is -2.14. The van der Waals surface area contributed by atoms with Gasteiger partial charge in [-0.1, -0.05) is 12.1 Å². The molecule has 8 nitrogen and oxygen atoms in total. The van der Waals surface area contributed by atoms with Crippen LogP contribution in [0.4, 0.5) is 5.13 Å². The summed E-state index contributed by atoms with van der Waals surface area (Å²) in [6, 6.07) is 12.8. The summed E-state index contributed by atoms with van der Waals surface area (Å²) in [5.41, 5.74) is 2.15. The zero-order valence-corrected chi connectivity index (χ0v) is 17.2. The monoisotopic (exact) mass is 434 g/mol. The van der Waals surface area contributed by atoms with Crippen LogP contribution in [0.3, 0.4) is 0 Å². The molecule has 2 N–H and O–H groups in total. The van der Waals surface area contributed by atoms with Gasteiger partial charge in [-0.15, -0.1) is 11.3 Å². The number of carbonyl (C=O) groups excluding carboxylic acids is 1. The fourth-order valence-corrected chi connectivity index (χ4v) is 4.11. The van der Waals surface area contributed by atoms with Gasteiger partial charge in [0.15, 0.2) is 16.6 Å². The number of hydrogen-bond acceptors (Lipinski definition) is 7. The third-order valence-electron chi connectivity index (χ3n) is 4.90. The number of aryl methyl sites for hydroxylation is 1. The van der Waals surface area contributed by atoms with Gasteiger partial charge in [-0.25, -0.2) is 9.97 Å². The average Bonchev–Trinajstić information content (AvgIpc) is 3.42. The molecule has 1 aliphatic rings. The lowest BCUT2D eigenvalue weighted by atomic mass is 10.1. The Hall–Kier alpha value is -3.72. The molecule has 9 heteroatoms. The van der Waals surface area contributed by atoms with E-state index in [1.807, 2.05) is 29.6 Å². The number of H-pyrrole nitrogens is 1. The number of carbonyl (C=O) groups is 1. The fourth-order valence-electron chi connectivity index (χ4n) is 3.37. The van der Waals surface area contributed by atoms with E-state index < -0.39 is 0 Å². The van der Waals surface area contributed by atoms with Crippen molar-refractivity contribution in [1.29, 1.82) is 0 Å². The van der Waals surface area contributed by atoms with E-state index in [-0.39, 0.29) is 18.3 Å². The van der Waals surface area contributed by atoms with Crippen LogP contribution in [-0.4, -0.2) is 27.7 Å². The molecule has 0 unspecified atom stereocenters. The van der Waals surface area contributed by atoms with Gasteiger partial charge in [0.05, 0.1) is 16.6 Å². The van der Waals surface area contributed by atoms with Crippen molar-refractivity contribution in [2.45, 2.75) is 19.3 Å². The molecule has 1 aliphatic heterocycles. The summed E-state index contributed by atoms with van der Waals surface area (Å²) in [4.78, 5) is 36.2. The number of aromatic amines is 1. The molecule has 0 spiro atoms. The minimum Gasteiger partial charge on any atom is -0.454 e. The van der Waals surface area contributed by atoms with Gasteiger partial charge in [0.1, 0.15) is 5.82 Å². The number of benzene rings is 2. The Morgan fingerprint density at radius 3 is 2.94 bits per heavy atom. The molecule has 5 rings (SSSR count). The second-order valence-electron chi connectivity index (χ2n) is 7.04. The first-order chi connectivity index (χ1) is 15.2. The summed E-state index contributed by atoms with van der Waals surface area (Å²) in [6.07, 6.45) is 1.37. The number of nitrogens with one attached hydrogen (secondary N) is 2. The molecule has 0 fully saturated rings. The number of anilines is 1. The largest absolute Gasteiger partial charge is 0.454 e. The van der Waals surface area contributed by atoms with E-state index >= 15 is 0 Å². The minimum atomic E-state index is -0.163. The third kappa shape index (κ3) is 4.13. The van der Waals surface area contributed by atoms with Gasteiger partial charge in [0, 0.05) is 23.8 Å². The number of hydrogen-bond donors (Lipinski definition) is 2. The quantitative estimate of drug-likeness (QED) is 0.479. The first-order valence-corrected chi connectivity index (χ1v) is 10.7. The first-order valence-electron chi connectivity index (χ1n) is 9.79. The molecule has 3 heterocycles. The molecule has 31 heavy (non-hydrogen) atoms. The van der Waals surface area contributed by atoms with Crippen LogP contribution in [0.15, 0.2) is 52.6 Å². The molecule has 0 saturated heterocycles.